The molecule has 0 saturated carbocycles. The summed E-state index contributed by atoms with van der Waals surface area (Å²) in [5.41, 5.74) is 1.22. The van der Waals surface area contributed by atoms with Crippen molar-refractivity contribution in [3.8, 4) is 0 Å². The van der Waals surface area contributed by atoms with Gasteiger partial charge in [0.1, 0.15) is 0 Å². The molecule has 2 aromatic rings. The Hall–Kier alpha value is -0.750. The highest BCUT2D eigenvalue weighted by Crippen LogP contribution is 2.31. The van der Waals surface area contributed by atoms with Crippen molar-refractivity contribution in [2.45, 2.75) is 0 Å². The van der Waals surface area contributed by atoms with E-state index in [9.17, 15) is 4.79 Å². The molecular formula is C14H10Br2Cl2N2O. The Morgan fingerprint density at radius 2 is 1.48 bits per heavy atom. The molecule has 2 aromatic carbocycles. The molecule has 0 saturated heterocycles. The monoisotopic (exact) mass is 450 g/mol. The second kappa shape index (κ2) is 7.49. The fourth-order valence-electron chi connectivity index (χ4n) is 1.64. The Kier molecular flexibility index (Phi) is 5.93. The van der Waals surface area contributed by atoms with Gasteiger partial charge >= 0.3 is 0 Å². The minimum absolute atomic E-state index is 0.0861. The summed E-state index contributed by atoms with van der Waals surface area (Å²) in [5, 5.41) is 6.54. The maximum absolute atomic E-state index is 12.0. The minimum atomic E-state index is -0.243. The average Bonchev–Trinajstić information content (AvgIpc) is 2.42. The highest BCUT2D eigenvalue weighted by molar-refractivity contribution is 9.11. The topological polar surface area (TPSA) is 41.1 Å². The van der Waals surface area contributed by atoms with Gasteiger partial charge in [0, 0.05) is 8.95 Å². The second-order valence-electron chi connectivity index (χ2n) is 4.10. The van der Waals surface area contributed by atoms with Crippen LogP contribution in [0.25, 0.3) is 0 Å². The molecule has 0 radical (unpaired) electrons. The fraction of sp³-hybridized carbons (Fsp3) is 0.0714. The lowest BCUT2D eigenvalue weighted by Gasteiger charge is -2.12. The van der Waals surface area contributed by atoms with Crippen molar-refractivity contribution in [3.63, 3.8) is 0 Å². The zero-order chi connectivity index (χ0) is 15.4. The van der Waals surface area contributed by atoms with Crippen LogP contribution in [0.5, 0.6) is 0 Å². The predicted octanol–water partition coefficient (Wildman–Crippen LogP) is 5.57. The molecule has 110 valence electrons. The Labute approximate surface area is 149 Å². The molecule has 21 heavy (non-hydrogen) atoms. The van der Waals surface area contributed by atoms with Crippen LogP contribution in [0, 0.1) is 0 Å². The molecule has 1 amide bonds. The molecule has 0 aromatic heterocycles. The Bertz CT molecular complexity index is 640. The first-order chi connectivity index (χ1) is 9.99. The summed E-state index contributed by atoms with van der Waals surface area (Å²) in [5.74, 6) is -0.243. The van der Waals surface area contributed by atoms with Gasteiger partial charge in [-0.05, 0) is 56.1 Å². The minimum Gasteiger partial charge on any atom is -0.374 e. The van der Waals surface area contributed by atoms with Gasteiger partial charge in [-0.2, -0.15) is 0 Å². The van der Waals surface area contributed by atoms with E-state index >= 15 is 0 Å². The van der Waals surface area contributed by atoms with E-state index in [2.05, 4.69) is 42.5 Å². The lowest BCUT2D eigenvalue weighted by Crippen LogP contribution is -2.22. The first-order valence-electron chi connectivity index (χ1n) is 5.91. The van der Waals surface area contributed by atoms with E-state index in [1.165, 1.54) is 0 Å². The van der Waals surface area contributed by atoms with Gasteiger partial charge in [-0.1, -0.05) is 35.3 Å². The molecule has 0 aliphatic heterocycles. The molecule has 0 bridgehead atoms. The van der Waals surface area contributed by atoms with Crippen molar-refractivity contribution in [2.24, 2.45) is 0 Å². The van der Waals surface area contributed by atoms with Crippen LogP contribution >= 0.6 is 55.1 Å². The highest BCUT2D eigenvalue weighted by Gasteiger charge is 2.11. The molecule has 0 aliphatic carbocycles. The number of hydrogen-bond acceptors (Lipinski definition) is 2. The van der Waals surface area contributed by atoms with E-state index in [1.54, 1.807) is 18.2 Å². The SMILES string of the molecule is O=C(CNc1c(Br)cccc1Br)Nc1c(Cl)cccc1Cl. The van der Waals surface area contributed by atoms with Crippen LogP contribution in [0.15, 0.2) is 45.3 Å². The van der Waals surface area contributed by atoms with Gasteiger partial charge in [0.2, 0.25) is 5.91 Å². The van der Waals surface area contributed by atoms with Gasteiger partial charge in [0.15, 0.2) is 0 Å². The second-order valence-corrected chi connectivity index (χ2v) is 6.62. The molecule has 0 fully saturated rings. The summed E-state index contributed by atoms with van der Waals surface area (Å²) in [6, 6.07) is 10.7. The standard InChI is InChI=1S/C14H10Br2Cl2N2O/c15-8-3-1-4-9(16)13(8)19-7-12(21)20-14-10(17)5-2-6-11(14)18/h1-6,19H,7H2,(H,20,21). The van der Waals surface area contributed by atoms with Crippen LogP contribution < -0.4 is 10.6 Å². The summed E-state index contributed by atoms with van der Waals surface area (Å²) in [4.78, 5) is 12.0. The van der Waals surface area contributed by atoms with Gasteiger partial charge in [0.25, 0.3) is 0 Å². The molecule has 0 spiro atoms. The maximum atomic E-state index is 12.0. The van der Waals surface area contributed by atoms with E-state index in [-0.39, 0.29) is 12.5 Å². The van der Waals surface area contributed by atoms with Crippen molar-refractivity contribution < 1.29 is 4.79 Å². The Morgan fingerprint density at radius 3 is 2.05 bits per heavy atom. The van der Waals surface area contributed by atoms with Crippen LogP contribution in [0.3, 0.4) is 0 Å². The number of rotatable bonds is 4. The number of carbonyl (C=O) groups excluding carboxylic acids is 1. The van der Waals surface area contributed by atoms with E-state index in [0.29, 0.717) is 15.7 Å². The quantitative estimate of drug-likeness (QED) is 0.636. The van der Waals surface area contributed by atoms with Crippen molar-refractivity contribution in [3.05, 3.63) is 55.4 Å². The first kappa shape index (κ1) is 16.6. The molecule has 2 rings (SSSR count). The van der Waals surface area contributed by atoms with Crippen LogP contribution in [-0.4, -0.2) is 12.5 Å². The highest BCUT2D eigenvalue weighted by atomic mass is 79.9. The summed E-state index contributed by atoms with van der Waals surface area (Å²) in [6.45, 7) is 0.0861. The molecule has 3 nitrogen and oxygen atoms in total. The smallest absolute Gasteiger partial charge is 0.243 e. The van der Waals surface area contributed by atoms with E-state index in [1.807, 2.05) is 18.2 Å². The number of halogens is 4. The molecule has 7 heteroatoms. The third-order valence-corrected chi connectivity index (χ3v) is 4.57. The maximum Gasteiger partial charge on any atom is 0.243 e. The van der Waals surface area contributed by atoms with E-state index in [0.717, 1.165) is 14.6 Å². The number of amides is 1. The third-order valence-electron chi connectivity index (χ3n) is 2.62. The number of carbonyl (C=O) groups is 1. The summed E-state index contributed by atoms with van der Waals surface area (Å²) in [7, 11) is 0. The summed E-state index contributed by atoms with van der Waals surface area (Å²) in [6.07, 6.45) is 0. The van der Waals surface area contributed by atoms with Crippen LogP contribution in [0.2, 0.25) is 10.0 Å². The Balaban J connectivity index is 2.03. The predicted molar refractivity (Wildman–Crippen MR) is 95.4 cm³/mol. The Morgan fingerprint density at radius 1 is 0.952 bits per heavy atom. The molecular weight excluding hydrogens is 443 g/mol. The van der Waals surface area contributed by atoms with Gasteiger partial charge in [-0.15, -0.1) is 0 Å². The summed E-state index contributed by atoms with van der Waals surface area (Å²) < 4.78 is 1.72. The van der Waals surface area contributed by atoms with Crippen molar-refractivity contribution >= 4 is 72.3 Å². The van der Waals surface area contributed by atoms with Gasteiger partial charge in [-0.3, -0.25) is 4.79 Å². The van der Waals surface area contributed by atoms with Crippen LogP contribution in [-0.2, 0) is 4.79 Å². The third kappa shape index (κ3) is 4.36. The van der Waals surface area contributed by atoms with E-state index in [4.69, 9.17) is 23.2 Å². The molecule has 0 atom stereocenters. The van der Waals surface area contributed by atoms with Crippen LogP contribution in [0.1, 0.15) is 0 Å². The largest absolute Gasteiger partial charge is 0.374 e. The molecule has 2 N–H and O–H groups in total. The average molecular weight is 453 g/mol. The lowest BCUT2D eigenvalue weighted by atomic mass is 10.3. The van der Waals surface area contributed by atoms with Crippen molar-refractivity contribution in [1.82, 2.24) is 0 Å². The molecule has 0 aliphatic rings. The first-order valence-corrected chi connectivity index (χ1v) is 8.25. The molecule has 0 unspecified atom stereocenters. The molecule has 0 heterocycles. The fourth-order valence-corrected chi connectivity index (χ4v) is 3.41. The number of nitrogens with one attached hydrogen (secondary N) is 2. The lowest BCUT2D eigenvalue weighted by molar-refractivity contribution is -0.114. The number of para-hydroxylation sites is 2. The van der Waals surface area contributed by atoms with Gasteiger partial charge < -0.3 is 10.6 Å². The zero-order valence-electron chi connectivity index (χ0n) is 10.6. The van der Waals surface area contributed by atoms with Crippen LogP contribution in [0.4, 0.5) is 11.4 Å². The van der Waals surface area contributed by atoms with Crippen molar-refractivity contribution in [2.75, 3.05) is 17.2 Å². The van der Waals surface area contributed by atoms with E-state index < -0.39 is 0 Å². The number of anilines is 2. The number of hydrogen-bond donors (Lipinski definition) is 2. The normalized spacial score (nSPS) is 10.3. The zero-order valence-corrected chi connectivity index (χ0v) is 15.3. The van der Waals surface area contributed by atoms with Gasteiger partial charge in [-0.25, -0.2) is 0 Å². The summed E-state index contributed by atoms with van der Waals surface area (Å²) >= 11 is 18.9. The number of benzene rings is 2. The van der Waals surface area contributed by atoms with Gasteiger partial charge in [0.05, 0.1) is 28.0 Å². The van der Waals surface area contributed by atoms with Crippen molar-refractivity contribution in [1.29, 1.82) is 0 Å².